The Balaban J connectivity index is 2.08. The number of nitrogens with zero attached hydrogens (tertiary/aromatic N) is 1. The van der Waals surface area contributed by atoms with Crippen LogP contribution in [0.3, 0.4) is 0 Å². The van der Waals surface area contributed by atoms with E-state index in [0.717, 1.165) is 30.6 Å². The van der Waals surface area contributed by atoms with Crippen molar-refractivity contribution in [1.29, 1.82) is 0 Å². The Hall–Kier alpha value is -0.720. The van der Waals surface area contributed by atoms with E-state index in [-0.39, 0.29) is 5.82 Å². The summed E-state index contributed by atoms with van der Waals surface area (Å²) >= 11 is 8.50. The van der Waals surface area contributed by atoms with E-state index < -0.39 is 0 Å². The molecule has 1 aromatic carbocycles. The lowest BCUT2D eigenvalue weighted by Crippen LogP contribution is -2.06. The summed E-state index contributed by atoms with van der Waals surface area (Å²) in [5.41, 5.74) is 1.63. The van der Waals surface area contributed by atoms with Gasteiger partial charge < -0.3 is 14.3 Å². The SMILES string of the molecule is CC(C)COCCCn1c(=S)[nH]c2cc(F)c(Br)cc21. The van der Waals surface area contributed by atoms with Crippen LogP contribution in [-0.2, 0) is 11.3 Å². The smallest absolute Gasteiger partial charge is 0.178 e. The zero-order chi connectivity index (χ0) is 14.7. The van der Waals surface area contributed by atoms with Gasteiger partial charge in [0.2, 0.25) is 0 Å². The van der Waals surface area contributed by atoms with Gasteiger partial charge in [-0.15, -0.1) is 0 Å². The molecule has 6 heteroatoms. The Morgan fingerprint density at radius 2 is 2.20 bits per heavy atom. The molecule has 0 saturated heterocycles. The number of benzene rings is 1. The van der Waals surface area contributed by atoms with E-state index in [1.54, 1.807) is 6.07 Å². The molecule has 0 atom stereocenters. The molecule has 0 aliphatic rings. The monoisotopic (exact) mass is 360 g/mol. The molecule has 0 aliphatic heterocycles. The van der Waals surface area contributed by atoms with Crippen LogP contribution in [0.15, 0.2) is 16.6 Å². The van der Waals surface area contributed by atoms with Crippen LogP contribution in [0.5, 0.6) is 0 Å². The summed E-state index contributed by atoms with van der Waals surface area (Å²) < 4.78 is 22.1. The van der Waals surface area contributed by atoms with E-state index in [4.69, 9.17) is 17.0 Å². The van der Waals surface area contributed by atoms with Crippen molar-refractivity contribution < 1.29 is 9.13 Å². The zero-order valence-electron chi connectivity index (χ0n) is 11.6. The van der Waals surface area contributed by atoms with E-state index in [9.17, 15) is 4.39 Å². The summed E-state index contributed by atoms with van der Waals surface area (Å²) in [5, 5.41) is 0. The van der Waals surface area contributed by atoms with Gasteiger partial charge in [0.15, 0.2) is 4.77 Å². The van der Waals surface area contributed by atoms with Gasteiger partial charge in [0, 0.05) is 25.8 Å². The average molecular weight is 361 g/mol. The molecule has 110 valence electrons. The van der Waals surface area contributed by atoms with Crippen LogP contribution in [0.1, 0.15) is 20.3 Å². The highest BCUT2D eigenvalue weighted by molar-refractivity contribution is 9.10. The number of hydrogen-bond donors (Lipinski definition) is 1. The summed E-state index contributed by atoms with van der Waals surface area (Å²) in [6, 6.07) is 3.22. The number of aromatic amines is 1. The normalized spacial score (nSPS) is 11.7. The molecule has 2 rings (SSSR count). The van der Waals surface area contributed by atoms with E-state index in [2.05, 4.69) is 34.8 Å². The highest BCUT2D eigenvalue weighted by atomic mass is 79.9. The maximum Gasteiger partial charge on any atom is 0.178 e. The second-order valence-corrected chi connectivity index (χ2v) is 6.43. The van der Waals surface area contributed by atoms with Crippen molar-refractivity contribution in [2.45, 2.75) is 26.8 Å². The first-order valence-corrected chi connectivity index (χ1v) is 7.84. The van der Waals surface area contributed by atoms with Crippen molar-refractivity contribution in [3.63, 3.8) is 0 Å². The number of hydrogen-bond acceptors (Lipinski definition) is 2. The minimum absolute atomic E-state index is 0.291. The Bertz CT molecular complexity index is 650. The summed E-state index contributed by atoms with van der Waals surface area (Å²) in [4.78, 5) is 3.03. The summed E-state index contributed by atoms with van der Waals surface area (Å²) in [6.07, 6.45) is 0.878. The van der Waals surface area contributed by atoms with E-state index in [0.29, 0.717) is 21.8 Å². The molecular weight excluding hydrogens is 343 g/mol. The van der Waals surface area contributed by atoms with Crippen LogP contribution < -0.4 is 0 Å². The second kappa shape index (κ2) is 6.83. The van der Waals surface area contributed by atoms with Gasteiger partial charge in [-0.1, -0.05) is 13.8 Å². The number of ether oxygens (including phenoxy) is 1. The van der Waals surface area contributed by atoms with Crippen LogP contribution in [0.2, 0.25) is 0 Å². The molecule has 1 heterocycles. The number of halogens is 2. The molecular formula is C14H18BrFN2OS. The van der Waals surface area contributed by atoms with Gasteiger partial charge in [-0.2, -0.15) is 0 Å². The summed E-state index contributed by atoms with van der Waals surface area (Å²) in [7, 11) is 0. The molecule has 2 aromatic rings. The van der Waals surface area contributed by atoms with Crippen LogP contribution in [0.4, 0.5) is 4.39 Å². The predicted molar refractivity (Wildman–Crippen MR) is 85.1 cm³/mol. The lowest BCUT2D eigenvalue weighted by atomic mass is 10.2. The average Bonchev–Trinajstić information content (AvgIpc) is 2.65. The van der Waals surface area contributed by atoms with E-state index >= 15 is 0 Å². The Morgan fingerprint density at radius 3 is 2.90 bits per heavy atom. The fourth-order valence-corrected chi connectivity index (χ4v) is 2.65. The number of rotatable bonds is 6. The molecule has 0 spiro atoms. The predicted octanol–water partition coefficient (Wildman–Crippen LogP) is 4.66. The maximum atomic E-state index is 13.5. The third-order valence-corrected chi connectivity index (χ3v) is 3.87. The number of nitrogens with one attached hydrogen (secondary N) is 1. The number of aromatic nitrogens is 2. The van der Waals surface area contributed by atoms with Crippen molar-refractivity contribution in [2.24, 2.45) is 5.92 Å². The minimum atomic E-state index is -0.291. The summed E-state index contributed by atoms with van der Waals surface area (Å²) in [6.45, 7) is 6.49. The lowest BCUT2D eigenvalue weighted by Gasteiger charge is -2.08. The van der Waals surface area contributed by atoms with Gasteiger partial charge in [-0.25, -0.2) is 4.39 Å². The molecule has 0 unspecified atom stereocenters. The molecule has 0 radical (unpaired) electrons. The largest absolute Gasteiger partial charge is 0.381 e. The first-order valence-electron chi connectivity index (χ1n) is 6.64. The summed E-state index contributed by atoms with van der Waals surface area (Å²) in [5.74, 6) is 0.255. The second-order valence-electron chi connectivity index (χ2n) is 5.19. The Kier molecular flexibility index (Phi) is 5.35. The maximum absolute atomic E-state index is 13.5. The number of H-pyrrole nitrogens is 1. The number of imidazole rings is 1. The molecule has 1 aromatic heterocycles. The van der Waals surface area contributed by atoms with Gasteiger partial charge in [0.25, 0.3) is 0 Å². The zero-order valence-corrected chi connectivity index (χ0v) is 14.0. The fraction of sp³-hybridized carbons (Fsp3) is 0.500. The highest BCUT2D eigenvalue weighted by Crippen LogP contribution is 2.23. The van der Waals surface area contributed by atoms with Crippen LogP contribution in [0.25, 0.3) is 11.0 Å². The first-order chi connectivity index (χ1) is 9.49. The molecule has 0 aliphatic carbocycles. The van der Waals surface area contributed by atoms with Crippen molar-refractivity contribution in [2.75, 3.05) is 13.2 Å². The molecule has 0 amide bonds. The van der Waals surface area contributed by atoms with Gasteiger partial charge >= 0.3 is 0 Å². The van der Waals surface area contributed by atoms with Crippen molar-refractivity contribution in [3.05, 3.63) is 27.2 Å². The fourth-order valence-electron chi connectivity index (χ4n) is 2.02. The van der Waals surface area contributed by atoms with Crippen molar-refractivity contribution in [1.82, 2.24) is 9.55 Å². The Labute approximate surface area is 131 Å². The van der Waals surface area contributed by atoms with Crippen LogP contribution in [-0.4, -0.2) is 22.8 Å². The van der Waals surface area contributed by atoms with Gasteiger partial charge in [0.1, 0.15) is 5.82 Å². The van der Waals surface area contributed by atoms with Crippen LogP contribution >= 0.6 is 28.1 Å². The van der Waals surface area contributed by atoms with Gasteiger partial charge in [0.05, 0.1) is 15.5 Å². The lowest BCUT2D eigenvalue weighted by molar-refractivity contribution is 0.105. The highest BCUT2D eigenvalue weighted by Gasteiger charge is 2.08. The molecule has 20 heavy (non-hydrogen) atoms. The molecule has 3 nitrogen and oxygen atoms in total. The third kappa shape index (κ3) is 3.68. The van der Waals surface area contributed by atoms with E-state index in [1.165, 1.54) is 6.07 Å². The molecule has 1 N–H and O–H groups in total. The number of fused-ring (bicyclic) bond motifs is 1. The quantitative estimate of drug-likeness (QED) is 0.599. The van der Waals surface area contributed by atoms with Crippen molar-refractivity contribution in [3.8, 4) is 0 Å². The topological polar surface area (TPSA) is 29.9 Å². The van der Waals surface area contributed by atoms with Crippen LogP contribution in [0, 0.1) is 16.5 Å². The standard InChI is InChI=1S/C14H18BrFN2OS/c1-9(2)8-19-5-3-4-18-13-6-10(15)11(16)7-12(13)17-14(18)20/h6-7,9H,3-5,8H2,1-2H3,(H,17,20). The first kappa shape index (κ1) is 15.7. The molecule has 0 fully saturated rings. The Morgan fingerprint density at radius 1 is 1.45 bits per heavy atom. The number of aryl methyl sites for hydroxylation is 1. The molecule has 0 bridgehead atoms. The third-order valence-electron chi connectivity index (χ3n) is 2.94. The molecule has 0 saturated carbocycles. The minimum Gasteiger partial charge on any atom is -0.381 e. The van der Waals surface area contributed by atoms with E-state index in [1.807, 2.05) is 4.57 Å². The van der Waals surface area contributed by atoms with Gasteiger partial charge in [-0.05, 0) is 46.6 Å². The van der Waals surface area contributed by atoms with Crippen molar-refractivity contribution >= 4 is 39.2 Å². The van der Waals surface area contributed by atoms with Gasteiger partial charge in [-0.3, -0.25) is 0 Å².